The number of piperidine rings is 2. The average Bonchev–Trinajstić information content (AvgIpc) is 2.61. The van der Waals surface area contributed by atoms with Crippen LogP contribution < -0.4 is 0 Å². The molecule has 2 aliphatic heterocycles. The molecule has 3 rings (SSSR count). The molecule has 0 radical (unpaired) electrons. The lowest BCUT2D eigenvalue weighted by atomic mass is 9.84. The van der Waals surface area contributed by atoms with Crippen LogP contribution in [0.5, 0.6) is 0 Å². The zero-order chi connectivity index (χ0) is 8.84. The van der Waals surface area contributed by atoms with Crippen LogP contribution in [0.4, 0.5) is 0 Å². The molecule has 2 unspecified atom stereocenters. The van der Waals surface area contributed by atoms with Gasteiger partial charge in [-0.3, -0.25) is 4.79 Å². The summed E-state index contributed by atoms with van der Waals surface area (Å²) >= 11 is 0. The van der Waals surface area contributed by atoms with E-state index in [1.54, 1.807) is 0 Å². The van der Waals surface area contributed by atoms with Crippen molar-refractivity contribution in [2.24, 2.45) is 11.8 Å². The average molecular weight is 179 g/mol. The van der Waals surface area contributed by atoms with Gasteiger partial charge in [0.2, 0.25) is 5.91 Å². The van der Waals surface area contributed by atoms with Gasteiger partial charge in [0.1, 0.15) is 0 Å². The second-order valence-corrected chi connectivity index (χ2v) is 4.86. The van der Waals surface area contributed by atoms with Gasteiger partial charge in [-0.1, -0.05) is 0 Å². The third-order valence-corrected chi connectivity index (χ3v) is 4.20. The van der Waals surface area contributed by atoms with Gasteiger partial charge < -0.3 is 4.90 Å². The summed E-state index contributed by atoms with van der Waals surface area (Å²) in [4.78, 5) is 14.1. The molecule has 3 fully saturated rings. The molecule has 2 nitrogen and oxygen atoms in total. The van der Waals surface area contributed by atoms with Crippen LogP contribution in [0.1, 0.15) is 38.5 Å². The fraction of sp³-hybridized carbons (Fsp3) is 0.909. The van der Waals surface area contributed by atoms with Crippen molar-refractivity contribution in [3.05, 3.63) is 0 Å². The Morgan fingerprint density at radius 2 is 2.08 bits per heavy atom. The van der Waals surface area contributed by atoms with Crippen molar-refractivity contribution < 1.29 is 4.79 Å². The summed E-state index contributed by atoms with van der Waals surface area (Å²) in [6.07, 6.45) is 7.56. The normalized spacial score (nSPS) is 43.5. The summed E-state index contributed by atoms with van der Waals surface area (Å²) in [5.41, 5.74) is 0. The van der Waals surface area contributed by atoms with E-state index in [-0.39, 0.29) is 0 Å². The van der Waals surface area contributed by atoms with E-state index in [4.69, 9.17) is 0 Å². The second-order valence-electron chi connectivity index (χ2n) is 4.86. The Morgan fingerprint density at radius 1 is 1.15 bits per heavy atom. The smallest absolute Gasteiger partial charge is 0.225 e. The molecule has 0 N–H and O–H groups in total. The molecule has 2 saturated heterocycles. The molecular formula is C11H17NO. The predicted molar refractivity (Wildman–Crippen MR) is 50.2 cm³/mol. The van der Waals surface area contributed by atoms with Gasteiger partial charge in [0, 0.05) is 18.5 Å². The third kappa shape index (κ3) is 1.04. The maximum Gasteiger partial charge on any atom is 0.225 e. The van der Waals surface area contributed by atoms with Crippen molar-refractivity contribution in [3.8, 4) is 0 Å². The minimum absolute atomic E-state index is 0.416. The van der Waals surface area contributed by atoms with Crippen molar-refractivity contribution in [1.29, 1.82) is 0 Å². The quantitative estimate of drug-likeness (QED) is 0.555. The Hall–Kier alpha value is -0.530. The summed E-state index contributed by atoms with van der Waals surface area (Å²) in [5, 5.41) is 0. The Bertz CT molecular complexity index is 238. The van der Waals surface area contributed by atoms with Crippen molar-refractivity contribution >= 4 is 5.91 Å². The second kappa shape index (κ2) is 2.73. The van der Waals surface area contributed by atoms with E-state index in [2.05, 4.69) is 4.90 Å². The Kier molecular flexibility index (Phi) is 1.64. The van der Waals surface area contributed by atoms with E-state index in [9.17, 15) is 4.79 Å². The number of nitrogens with zero attached hydrogens (tertiary/aromatic N) is 1. The molecule has 0 aromatic carbocycles. The highest BCUT2D eigenvalue weighted by Gasteiger charge is 2.45. The maximum atomic E-state index is 11.9. The molecule has 0 aromatic heterocycles. The molecule has 0 aromatic rings. The number of hydrogen-bond donors (Lipinski definition) is 0. The Labute approximate surface area is 79.3 Å². The first-order chi connectivity index (χ1) is 6.36. The molecule has 0 spiro atoms. The predicted octanol–water partition coefficient (Wildman–Crippen LogP) is 1.80. The summed E-state index contributed by atoms with van der Waals surface area (Å²) < 4.78 is 0. The monoisotopic (exact) mass is 179 g/mol. The first kappa shape index (κ1) is 7.84. The highest BCUT2D eigenvalue weighted by Crippen LogP contribution is 2.43. The summed E-state index contributed by atoms with van der Waals surface area (Å²) in [6, 6.07) is 0.639. The van der Waals surface area contributed by atoms with Crippen LogP contribution in [-0.2, 0) is 4.79 Å². The van der Waals surface area contributed by atoms with Crippen molar-refractivity contribution in [2.45, 2.75) is 44.6 Å². The van der Waals surface area contributed by atoms with Crippen molar-refractivity contribution in [2.75, 3.05) is 6.54 Å². The zero-order valence-corrected chi connectivity index (χ0v) is 8.04. The van der Waals surface area contributed by atoms with Crippen molar-refractivity contribution in [1.82, 2.24) is 4.90 Å². The standard InChI is InChI=1S/C11H17NO/c13-11-9-5-4-8(7-9)10-3-1-2-6-12(10)11/h8-10H,1-7H2/t8?,9?,10-/m0/s1. The van der Waals surface area contributed by atoms with Crippen molar-refractivity contribution in [3.63, 3.8) is 0 Å². The number of rotatable bonds is 0. The number of carbonyl (C=O) groups is 1. The molecule has 1 saturated carbocycles. The molecule has 1 aliphatic carbocycles. The van der Waals surface area contributed by atoms with E-state index in [1.807, 2.05) is 0 Å². The van der Waals surface area contributed by atoms with E-state index in [1.165, 1.54) is 38.5 Å². The number of hydrogen-bond acceptors (Lipinski definition) is 1. The molecule has 2 heterocycles. The first-order valence-electron chi connectivity index (χ1n) is 5.67. The SMILES string of the molecule is O=C1C2CCC(C2)[C@@H]2CCCCN12. The topological polar surface area (TPSA) is 20.3 Å². The van der Waals surface area contributed by atoms with Gasteiger partial charge in [0.15, 0.2) is 0 Å². The van der Waals surface area contributed by atoms with Crippen LogP contribution in [0.25, 0.3) is 0 Å². The molecule has 3 atom stereocenters. The molecule has 1 amide bonds. The van der Waals surface area contributed by atoms with Crippen LogP contribution in [0.15, 0.2) is 0 Å². The van der Waals surface area contributed by atoms with Crippen LogP contribution in [-0.4, -0.2) is 23.4 Å². The lowest BCUT2D eigenvalue weighted by Crippen LogP contribution is -2.51. The summed E-state index contributed by atoms with van der Waals surface area (Å²) in [5.74, 6) is 1.76. The minimum Gasteiger partial charge on any atom is -0.339 e. The largest absolute Gasteiger partial charge is 0.339 e. The van der Waals surface area contributed by atoms with Gasteiger partial charge in [0.05, 0.1) is 0 Å². The molecule has 2 heteroatoms. The molecule has 2 bridgehead atoms. The first-order valence-corrected chi connectivity index (χ1v) is 5.67. The van der Waals surface area contributed by atoms with E-state index < -0.39 is 0 Å². The number of fused-ring (bicyclic) bond motifs is 4. The van der Waals surface area contributed by atoms with E-state index in [0.29, 0.717) is 17.9 Å². The van der Waals surface area contributed by atoms with Crippen LogP contribution in [0.3, 0.4) is 0 Å². The highest BCUT2D eigenvalue weighted by atomic mass is 16.2. The number of amides is 1. The van der Waals surface area contributed by atoms with Gasteiger partial charge in [0.25, 0.3) is 0 Å². The molecule has 72 valence electrons. The molecular weight excluding hydrogens is 162 g/mol. The maximum absolute atomic E-state index is 11.9. The van der Waals surface area contributed by atoms with E-state index >= 15 is 0 Å². The Balaban J connectivity index is 1.89. The van der Waals surface area contributed by atoms with Crippen LogP contribution >= 0.6 is 0 Å². The fourth-order valence-electron chi connectivity index (χ4n) is 3.55. The number of carbonyl (C=O) groups excluding carboxylic acids is 1. The van der Waals surface area contributed by atoms with Gasteiger partial charge >= 0.3 is 0 Å². The minimum atomic E-state index is 0.416. The lowest BCUT2D eigenvalue weighted by Gasteiger charge is -2.43. The van der Waals surface area contributed by atoms with Gasteiger partial charge in [-0.05, 0) is 44.4 Å². The third-order valence-electron chi connectivity index (χ3n) is 4.20. The Morgan fingerprint density at radius 3 is 3.00 bits per heavy atom. The van der Waals surface area contributed by atoms with Gasteiger partial charge in [-0.25, -0.2) is 0 Å². The lowest BCUT2D eigenvalue weighted by molar-refractivity contribution is -0.143. The van der Waals surface area contributed by atoms with Crippen LogP contribution in [0.2, 0.25) is 0 Å². The van der Waals surface area contributed by atoms with Crippen LogP contribution in [0, 0.1) is 11.8 Å². The highest BCUT2D eigenvalue weighted by molar-refractivity contribution is 5.80. The van der Waals surface area contributed by atoms with Gasteiger partial charge in [-0.2, -0.15) is 0 Å². The molecule has 13 heavy (non-hydrogen) atoms. The fourth-order valence-corrected chi connectivity index (χ4v) is 3.55. The molecule has 3 aliphatic rings. The van der Waals surface area contributed by atoms with Gasteiger partial charge in [-0.15, -0.1) is 0 Å². The zero-order valence-electron chi connectivity index (χ0n) is 8.04. The van der Waals surface area contributed by atoms with E-state index in [0.717, 1.165) is 12.5 Å². The summed E-state index contributed by atoms with van der Waals surface area (Å²) in [7, 11) is 0. The summed E-state index contributed by atoms with van der Waals surface area (Å²) in [6.45, 7) is 1.05.